The van der Waals surface area contributed by atoms with Crippen molar-refractivity contribution in [1.29, 1.82) is 0 Å². The number of halogens is 1. The van der Waals surface area contributed by atoms with E-state index in [1.807, 2.05) is 6.07 Å². The Morgan fingerprint density at radius 2 is 1.76 bits per heavy atom. The molecule has 0 atom stereocenters. The Bertz CT molecular complexity index is 611. The fourth-order valence-corrected chi connectivity index (χ4v) is 3.33. The van der Waals surface area contributed by atoms with Gasteiger partial charge in [-0.2, -0.15) is 0 Å². The average Bonchev–Trinajstić information content (AvgIpc) is 2.30. The van der Waals surface area contributed by atoms with Crippen molar-refractivity contribution in [2.75, 3.05) is 0 Å². The van der Waals surface area contributed by atoms with Gasteiger partial charge in [-0.25, -0.2) is 13.4 Å². The molecule has 1 heterocycles. The Hall–Kier alpha value is -1.39. The minimum atomic E-state index is -3.44. The molecular formula is C12H10ClNO2S. The molecule has 0 N–H and O–H groups in total. The van der Waals surface area contributed by atoms with E-state index in [2.05, 4.69) is 4.98 Å². The molecule has 3 nitrogen and oxygen atoms in total. The summed E-state index contributed by atoms with van der Waals surface area (Å²) < 4.78 is 24.2. The van der Waals surface area contributed by atoms with Crippen LogP contribution in [0.15, 0.2) is 53.6 Å². The quantitative estimate of drug-likeness (QED) is 0.804. The molecular weight excluding hydrogens is 258 g/mol. The predicted molar refractivity (Wildman–Crippen MR) is 66.6 cm³/mol. The van der Waals surface area contributed by atoms with Crippen LogP contribution in [0.4, 0.5) is 0 Å². The van der Waals surface area contributed by atoms with Crippen molar-refractivity contribution in [2.24, 2.45) is 0 Å². The third-order valence-corrected chi connectivity index (χ3v) is 4.39. The van der Waals surface area contributed by atoms with Crippen LogP contribution in [0.2, 0.25) is 5.15 Å². The summed E-state index contributed by atoms with van der Waals surface area (Å²) in [5.74, 6) is -0.0702. The lowest BCUT2D eigenvalue weighted by atomic mass is 10.2. The van der Waals surface area contributed by atoms with E-state index in [0.717, 1.165) is 5.56 Å². The zero-order chi connectivity index (χ0) is 12.3. The summed E-state index contributed by atoms with van der Waals surface area (Å²) in [5, 5.41) is 0.0171. The molecule has 1 aromatic heterocycles. The van der Waals surface area contributed by atoms with Crippen molar-refractivity contribution >= 4 is 21.4 Å². The molecule has 0 saturated carbocycles. The lowest BCUT2D eigenvalue weighted by Gasteiger charge is -2.05. The van der Waals surface area contributed by atoms with Gasteiger partial charge in [0.05, 0.1) is 5.75 Å². The van der Waals surface area contributed by atoms with Gasteiger partial charge in [-0.3, -0.25) is 0 Å². The maximum absolute atomic E-state index is 12.1. The number of benzene rings is 1. The van der Waals surface area contributed by atoms with Crippen molar-refractivity contribution in [3.63, 3.8) is 0 Å². The lowest BCUT2D eigenvalue weighted by Crippen LogP contribution is -2.06. The van der Waals surface area contributed by atoms with Crippen LogP contribution in [0.5, 0.6) is 0 Å². The molecule has 2 rings (SSSR count). The highest BCUT2D eigenvalue weighted by atomic mass is 35.5. The molecule has 88 valence electrons. The highest BCUT2D eigenvalue weighted by molar-refractivity contribution is 7.90. The molecule has 0 bridgehead atoms. The van der Waals surface area contributed by atoms with E-state index in [1.165, 1.54) is 12.3 Å². The second kappa shape index (κ2) is 4.85. The van der Waals surface area contributed by atoms with Crippen LogP contribution in [-0.2, 0) is 15.6 Å². The molecule has 0 aliphatic heterocycles. The van der Waals surface area contributed by atoms with Gasteiger partial charge >= 0.3 is 0 Å². The van der Waals surface area contributed by atoms with Gasteiger partial charge in [0.1, 0.15) is 10.0 Å². The molecule has 0 radical (unpaired) electrons. The number of sulfone groups is 1. The Morgan fingerprint density at radius 3 is 2.41 bits per heavy atom. The monoisotopic (exact) mass is 267 g/mol. The summed E-state index contributed by atoms with van der Waals surface area (Å²) in [7, 11) is -3.44. The highest BCUT2D eigenvalue weighted by Crippen LogP contribution is 2.22. The summed E-state index contributed by atoms with van der Waals surface area (Å²) in [5.41, 5.74) is 0.729. The summed E-state index contributed by atoms with van der Waals surface area (Å²) in [4.78, 5) is 3.85. The third kappa shape index (κ3) is 2.84. The topological polar surface area (TPSA) is 47.0 Å². The first-order chi connectivity index (χ1) is 8.09. The van der Waals surface area contributed by atoms with E-state index in [1.54, 1.807) is 30.3 Å². The van der Waals surface area contributed by atoms with E-state index < -0.39 is 9.84 Å². The molecule has 0 amide bonds. The zero-order valence-corrected chi connectivity index (χ0v) is 10.4. The van der Waals surface area contributed by atoms with Gasteiger partial charge in [0, 0.05) is 6.20 Å². The second-order valence-corrected chi connectivity index (χ2v) is 5.85. The molecule has 5 heteroatoms. The first kappa shape index (κ1) is 12.1. The largest absolute Gasteiger partial charge is 0.243 e. The van der Waals surface area contributed by atoms with Gasteiger partial charge in [-0.1, -0.05) is 41.9 Å². The van der Waals surface area contributed by atoms with Crippen molar-refractivity contribution in [3.8, 4) is 0 Å². The summed E-state index contributed by atoms with van der Waals surface area (Å²) >= 11 is 5.78. The summed E-state index contributed by atoms with van der Waals surface area (Å²) in [6.07, 6.45) is 1.46. The Labute approximate surface area is 105 Å². The average molecular weight is 268 g/mol. The number of aromatic nitrogens is 1. The van der Waals surface area contributed by atoms with Crippen LogP contribution in [0.1, 0.15) is 5.56 Å². The molecule has 0 aliphatic rings. The number of rotatable bonds is 3. The standard InChI is InChI=1S/C12H10ClNO2S/c13-12-11(7-4-8-14-12)17(15,16)9-10-5-2-1-3-6-10/h1-8H,9H2. The second-order valence-electron chi connectivity index (χ2n) is 3.54. The van der Waals surface area contributed by atoms with Crippen LogP contribution in [0.25, 0.3) is 0 Å². The van der Waals surface area contributed by atoms with Crippen LogP contribution in [0.3, 0.4) is 0 Å². The van der Waals surface area contributed by atoms with E-state index >= 15 is 0 Å². The van der Waals surface area contributed by atoms with Crippen molar-refractivity contribution < 1.29 is 8.42 Å². The number of hydrogen-bond acceptors (Lipinski definition) is 3. The molecule has 2 aromatic rings. The molecule has 0 spiro atoms. The highest BCUT2D eigenvalue weighted by Gasteiger charge is 2.18. The fourth-order valence-electron chi connectivity index (χ4n) is 1.47. The van der Waals surface area contributed by atoms with Crippen LogP contribution in [-0.4, -0.2) is 13.4 Å². The first-order valence-corrected chi connectivity index (χ1v) is 7.00. The van der Waals surface area contributed by atoms with Gasteiger partial charge in [0.15, 0.2) is 9.84 Å². The SMILES string of the molecule is O=S(=O)(Cc1ccccc1)c1cccnc1Cl. The fraction of sp³-hybridized carbons (Fsp3) is 0.0833. The predicted octanol–water partition coefficient (Wildman–Crippen LogP) is 2.71. The van der Waals surface area contributed by atoms with Crippen LogP contribution < -0.4 is 0 Å². The molecule has 0 unspecified atom stereocenters. The molecule has 0 saturated heterocycles. The smallest absolute Gasteiger partial charge is 0.185 e. The van der Waals surface area contributed by atoms with E-state index in [4.69, 9.17) is 11.6 Å². The molecule has 17 heavy (non-hydrogen) atoms. The molecule has 0 aliphatic carbocycles. The maximum atomic E-state index is 12.1. The zero-order valence-electron chi connectivity index (χ0n) is 8.88. The van der Waals surface area contributed by atoms with E-state index in [9.17, 15) is 8.42 Å². The Morgan fingerprint density at radius 1 is 1.06 bits per heavy atom. The third-order valence-electron chi connectivity index (χ3n) is 2.26. The minimum Gasteiger partial charge on any atom is -0.243 e. The number of nitrogens with zero attached hydrogens (tertiary/aromatic N) is 1. The molecule has 1 aromatic carbocycles. The van der Waals surface area contributed by atoms with Gasteiger partial charge in [0.25, 0.3) is 0 Å². The van der Waals surface area contributed by atoms with Crippen LogP contribution in [0, 0.1) is 0 Å². The number of pyridine rings is 1. The Balaban J connectivity index is 2.36. The van der Waals surface area contributed by atoms with Crippen molar-refractivity contribution in [2.45, 2.75) is 10.6 Å². The Kier molecular flexibility index (Phi) is 3.45. The van der Waals surface area contributed by atoms with Crippen molar-refractivity contribution in [3.05, 3.63) is 59.4 Å². The maximum Gasteiger partial charge on any atom is 0.185 e. The molecule has 0 fully saturated rings. The summed E-state index contributed by atoms with van der Waals surface area (Å²) in [6.45, 7) is 0. The lowest BCUT2D eigenvalue weighted by molar-refractivity contribution is 0.595. The van der Waals surface area contributed by atoms with Gasteiger partial charge in [-0.05, 0) is 17.7 Å². The van der Waals surface area contributed by atoms with Crippen LogP contribution >= 0.6 is 11.6 Å². The minimum absolute atomic E-state index is 0.0171. The van der Waals surface area contributed by atoms with E-state index in [0.29, 0.717) is 0 Å². The van der Waals surface area contributed by atoms with Crippen molar-refractivity contribution in [1.82, 2.24) is 4.98 Å². The summed E-state index contributed by atoms with van der Waals surface area (Å²) in [6, 6.07) is 12.0. The van der Waals surface area contributed by atoms with Gasteiger partial charge in [0.2, 0.25) is 0 Å². The number of hydrogen-bond donors (Lipinski definition) is 0. The van der Waals surface area contributed by atoms with E-state index in [-0.39, 0.29) is 15.8 Å². The normalized spacial score (nSPS) is 11.4. The van der Waals surface area contributed by atoms with Gasteiger partial charge < -0.3 is 0 Å². The van der Waals surface area contributed by atoms with Gasteiger partial charge in [-0.15, -0.1) is 0 Å². The first-order valence-electron chi connectivity index (χ1n) is 4.97.